The molecule has 124 valence electrons. The molecular weight excluding hydrogens is 266 g/mol. The van der Waals surface area contributed by atoms with Crippen molar-refractivity contribution in [2.24, 2.45) is 11.7 Å². The Morgan fingerprint density at radius 1 is 1.57 bits per heavy atom. The van der Waals surface area contributed by atoms with Gasteiger partial charge < -0.3 is 15.8 Å². The first-order valence-electron chi connectivity index (χ1n) is 8.15. The predicted molar refractivity (Wildman–Crippen MR) is 86.1 cm³/mol. The molecule has 1 aliphatic rings. The van der Waals surface area contributed by atoms with Crippen molar-refractivity contribution in [3.63, 3.8) is 0 Å². The van der Waals surface area contributed by atoms with Crippen LogP contribution < -0.4 is 11.1 Å². The molecule has 0 bridgehead atoms. The first-order valence-corrected chi connectivity index (χ1v) is 8.15. The molecule has 5 nitrogen and oxygen atoms in total. The van der Waals surface area contributed by atoms with Gasteiger partial charge in [-0.15, -0.1) is 0 Å². The van der Waals surface area contributed by atoms with Crippen LogP contribution in [-0.4, -0.2) is 55.2 Å². The minimum Gasteiger partial charge on any atom is -0.380 e. The summed E-state index contributed by atoms with van der Waals surface area (Å²) in [6, 6.07) is 0.303. The second-order valence-electron chi connectivity index (χ2n) is 6.71. The number of carbonyl (C=O) groups excluding carboxylic acids is 1. The zero-order valence-corrected chi connectivity index (χ0v) is 14.3. The van der Waals surface area contributed by atoms with Crippen molar-refractivity contribution >= 4 is 5.91 Å². The van der Waals surface area contributed by atoms with Crippen LogP contribution in [-0.2, 0) is 9.53 Å². The lowest BCUT2D eigenvalue weighted by atomic mass is 9.89. The van der Waals surface area contributed by atoms with Crippen molar-refractivity contribution in [3.8, 4) is 0 Å². The summed E-state index contributed by atoms with van der Waals surface area (Å²) in [5.41, 5.74) is 4.98. The second kappa shape index (κ2) is 8.11. The van der Waals surface area contributed by atoms with E-state index in [4.69, 9.17) is 10.5 Å². The van der Waals surface area contributed by atoms with Crippen molar-refractivity contribution in [2.45, 2.75) is 64.6 Å². The molecule has 1 heterocycles. The smallest absolute Gasteiger partial charge is 0.237 e. The van der Waals surface area contributed by atoms with Crippen LogP contribution in [0.15, 0.2) is 0 Å². The molecule has 0 aliphatic carbocycles. The van der Waals surface area contributed by atoms with E-state index in [9.17, 15) is 4.79 Å². The van der Waals surface area contributed by atoms with Gasteiger partial charge in [0.2, 0.25) is 5.91 Å². The number of primary amides is 1. The van der Waals surface area contributed by atoms with Crippen LogP contribution in [0.3, 0.4) is 0 Å². The van der Waals surface area contributed by atoms with Gasteiger partial charge in [0.15, 0.2) is 0 Å². The third-order valence-electron chi connectivity index (χ3n) is 4.86. The monoisotopic (exact) mass is 299 g/mol. The maximum Gasteiger partial charge on any atom is 0.237 e. The number of methoxy groups -OCH3 is 1. The zero-order chi connectivity index (χ0) is 16.0. The second-order valence-corrected chi connectivity index (χ2v) is 6.71. The van der Waals surface area contributed by atoms with Crippen LogP contribution in [0.25, 0.3) is 0 Å². The Balaban J connectivity index is 2.64. The number of nitrogens with one attached hydrogen (secondary N) is 1. The summed E-state index contributed by atoms with van der Waals surface area (Å²) in [5, 5.41) is 3.32. The van der Waals surface area contributed by atoms with E-state index in [-0.39, 0.29) is 12.0 Å². The molecular formula is C16H33N3O2. The van der Waals surface area contributed by atoms with E-state index < -0.39 is 5.54 Å². The minimum absolute atomic E-state index is 0.267. The van der Waals surface area contributed by atoms with Crippen LogP contribution in [0.1, 0.15) is 47.0 Å². The molecule has 1 saturated heterocycles. The van der Waals surface area contributed by atoms with Crippen LogP contribution >= 0.6 is 0 Å². The fourth-order valence-corrected chi connectivity index (χ4v) is 3.15. The van der Waals surface area contributed by atoms with Gasteiger partial charge in [0.1, 0.15) is 0 Å². The summed E-state index contributed by atoms with van der Waals surface area (Å²) in [7, 11) is 1.78. The summed E-state index contributed by atoms with van der Waals surface area (Å²) in [6.07, 6.45) is 3.14. The summed E-state index contributed by atoms with van der Waals surface area (Å²) in [5.74, 6) is 0.329. The number of hydrogen-bond acceptors (Lipinski definition) is 4. The highest BCUT2D eigenvalue weighted by molar-refractivity contribution is 5.84. The fourth-order valence-electron chi connectivity index (χ4n) is 3.15. The van der Waals surface area contributed by atoms with Crippen LogP contribution in [0.5, 0.6) is 0 Å². The molecule has 0 aromatic rings. The average molecular weight is 299 g/mol. The first-order chi connectivity index (χ1) is 9.84. The van der Waals surface area contributed by atoms with Crippen molar-refractivity contribution in [1.29, 1.82) is 0 Å². The van der Waals surface area contributed by atoms with Gasteiger partial charge in [-0.2, -0.15) is 0 Å². The summed E-state index contributed by atoms with van der Waals surface area (Å²) in [6.45, 7) is 11.2. The number of ether oxygens (including phenoxy) is 1. The molecule has 1 rings (SSSR count). The highest BCUT2D eigenvalue weighted by Gasteiger charge is 2.36. The fraction of sp³-hybridized carbons (Fsp3) is 0.938. The lowest BCUT2D eigenvalue weighted by Gasteiger charge is -2.42. The number of rotatable bonds is 8. The number of likely N-dealkylation sites (tertiary alicyclic amines) is 1. The standard InChI is InChI=1S/C16H33N3O2/c1-6-8-18-16(4,15(17)20)10-13(3)19-9-7-12(2)14(11-19)21-5/h12-14,18H,6-11H2,1-5H3,(H2,17,20). The molecule has 1 amide bonds. The summed E-state index contributed by atoms with van der Waals surface area (Å²) >= 11 is 0. The van der Waals surface area contributed by atoms with Gasteiger partial charge in [-0.05, 0) is 52.1 Å². The minimum atomic E-state index is -0.638. The molecule has 1 aliphatic heterocycles. The molecule has 4 atom stereocenters. The summed E-state index contributed by atoms with van der Waals surface area (Å²) < 4.78 is 5.58. The molecule has 0 saturated carbocycles. The van der Waals surface area contributed by atoms with Gasteiger partial charge >= 0.3 is 0 Å². The normalized spacial score (nSPS) is 28.0. The highest BCUT2D eigenvalue weighted by atomic mass is 16.5. The third kappa shape index (κ3) is 4.94. The number of carbonyl (C=O) groups is 1. The van der Waals surface area contributed by atoms with E-state index in [1.807, 2.05) is 6.92 Å². The third-order valence-corrected chi connectivity index (χ3v) is 4.86. The predicted octanol–water partition coefficient (Wildman–Crippen LogP) is 1.37. The number of amides is 1. The number of nitrogens with zero attached hydrogens (tertiary/aromatic N) is 1. The molecule has 5 heteroatoms. The summed E-state index contributed by atoms with van der Waals surface area (Å²) in [4.78, 5) is 14.3. The van der Waals surface area contributed by atoms with Gasteiger partial charge in [0, 0.05) is 19.7 Å². The Bertz CT molecular complexity index is 337. The molecule has 4 unspecified atom stereocenters. The SMILES string of the molecule is CCCNC(C)(CC(C)N1CCC(C)C(OC)C1)C(N)=O. The molecule has 1 fully saturated rings. The van der Waals surface area contributed by atoms with Gasteiger partial charge in [-0.25, -0.2) is 0 Å². The number of piperidine rings is 1. The Morgan fingerprint density at radius 3 is 2.76 bits per heavy atom. The Kier molecular flexibility index (Phi) is 7.10. The van der Waals surface area contributed by atoms with Gasteiger partial charge in [-0.3, -0.25) is 9.69 Å². The van der Waals surface area contributed by atoms with Crippen molar-refractivity contribution in [3.05, 3.63) is 0 Å². The van der Waals surface area contributed by atoms with E-state index in [0.29, 0.717) is 12.0 Å². The Labute approximate surface area is 129 Å². The average Bonchev–Trinajstić information content (AvgIpc) is 2.45. The molecule has 21 heavy (non-hydrogen) atoms. The maximum absolute atomic E-state index is 11.8. The topological polar surface area (TPSA) is 67.6 Å². The molecule has 0 radical (unpaired) electrons. The van der Waals surface area contributed by atoms with Gasteiger partial charge in [-0.1, -0.05) is 13.8 Å². The van der Waals surface area contributed by atoms with Crippen LogP contribution in [0.2, 0.25) is 0 Å². The van der Waals surface area contributed by atoms with E-state index in [1.54, 1.807) is 7.11 Å². The van der Waals surface area contributed by atoms with E-state index >= 15 is 0 Å². The maximum atomic E-state index is 11.8. The number of nitrogens with two attached hydrogens (primary N) is 1. The van der Waals surface area contributed by atoms with Gasteiger partial charge in [0.05, 0.1) is 11.6 Å². The van der Waals surface area contributed by atoms with Crippen molar-refractivity contribution in [2.75, 3.05) is 26.7 Å². The lowest BCUT2D eigenvalue weighted by Crippen LogP contribution is -2.58. The first kappa shape index (κ1) is 18.4. The molecule has 0 aromatic carbocycles. The Morgan fingerprint density at radius 2 is 2.24 bits per heavy atom. The van der Waals surface area contributed by atoms with E-state index in [2.05, 4.69) is 31.0 Å². The van der Waals surface area contributed by atoms with Crippen LogP contribution in [0, 0.1) is 5.92 Å². The lowest BCUT2D eigenvalue weighted by molar-refractivity contribution is -0.124. The quantitative estimate of drug-likeness (QED) is 0.710. The van der Waals surface area contributed by atoms with E-state index in [1.165, 1.54) is 0 Å². The van der Waals surface area contributed by atoms with E-state index in [0.717, 1.165) is 38.9 Å². The van der Waals surface area contributed by atoms with Crippen molar-refractivity contribution in [1.82, 2.24) is 10.2 Å². The highest BCUT2D eigenvalue weighted by Crippen LogP contribution is 2.24. The van der Waals surface area contributed by atoms with Crippen molar-refractivity contribution < 1.29 is 9.53 Å². The Hall–Kier alpha value is -0.650. The molecule has 0 spiro atoms. The molecule has 0 aromatic heterocycles. The van der Waals surface area contributed by atoms with Crippen LogP contribution in [0.4, 0.5) is 0 Å². The molecule has 3 N–H and O–H groups in total. The largest absolute Gasteiger partial charge is 0.380 e. The van der Waals surface area contributed by atoms with Gasteiger partial charge in [0.25, 0.3) is 0 Å². The number of hydrogen-bond donors (Lipinski definition) is 2. The zero-order valence-electron chi connectivity index (χ0n) is 14.3.